The van der Waals surface area contributed by atoms with Crippen molar-refractivity contribution in [3.05, 3.63) is 0 Å². The van der Waals surface area contributed by atoms with E-state index in [2.05, 4.69) is 0 Å². The number of carboxylic acids is 2. The van der Waals surface area contributed by atoms with Crippen LogP contribution in [-0.2, 0) is 32.0 Å². The van der Waals surface area contributed by atoms with Crippen LogP contribution in [0.25, 0.3) is 0 Å². The van der Waals surface area contributed by atoms with E-state index in [4.69, 9.17) is 20.4 Å². The Morgan fingerprint density at radius 2 is 1.09 bits per heavy atom. The maximum atomic E-state index is 9.77. The zero-order chi connectivity index (χ0) is 8.31. The summed E-state index contributed by atoms with van der Waals surface area (Å²) in [5.74, 6) is -3.54. The van der Waals surface area contributed by atoms with Gasteiger partial charge in [-0.1, -0.05) is 0 Å². The first-order valence-corrected chi connectivity index (χ1v) is 2.28. The second-order valence-corrected chi connectivity index (χ2v) is 1.57. The average Bonchev–Trinajstić information content (AvgIpc) is 1.84. The molecule has 0 aliphatic carbocycles. The SMILES string of the molecule is O=C(O)C(O)C(O)C(=O)O.[Au]. The maximum Gasteiger partial charge on any atom is 0.335 e. The van der Waals surface area contributed by atoms with Crippen LogP contribution in [0.5, 0.6) is 0 Å². The van der Waals surface area contributed by atoms with Crippen molar-refractivity contribution >= 4 is 11.9 Å². The van der Waals surface area contributed by atoms with Crippen LogP contribution in [-0.4, -0.2) is 44.6 Å². The molecule has 0 spiro atoms. The van der Waals surface area contributed by atoms with Gasteiger partial charge in [0.05, 0.1) is 0 Å². The van der Waals surface area contributed by atoms with E-state index >= 15 is 0 Å². The van der Waals surface area contributed by atoms with Gasteiger partial charge in [-0.3, -0.25) is 0 Å². The van der Waals surface area contributed by atoms with E-state index in [1.807, 2.05) is 0 Å². The Balaban J connectivity index is 0. The zero-order valence-electron chi connectivity index (χ0n) is 5.06. The van der Waals surface area contributed by atoms with Gasteiger partial charge in [0.2, 0.25) is 0 Å². The molecule has 0 heterocycles. The minimum atomic E-state index is -2.27. The summed E-state index contributed by atoms with van der Waals surface area (Å²) in [6.45, 7) is 0. The predicted molar refractivity (Wildman–Crippen MR) is 27.3 cm³/mol. The second kappa shape index (κ2) is 5.28. The van der Waals surface area contributed by atoms with Crippen molar-refractivity contribution in [2.24, 2.45) is 0 Å². The van der Waals surface area contributed by atoms with E-state index in [9.17, 15) is 9.59 Å². The monoisotopic (exact) mass is 347 g/mol. The van der Waals surface area contributed by atoms with E-state index < -0.39 is 24.1 Å². The maximum absolute atomic E-state index is 9.77. The van der Waals surface area contributed by atoms with Crippen molar-refractivity contribution < 1.29 is 52.4 Å². The van der Waals surface area contributed by atoms with Gasteiger partial charge >= 0.3 is 11.9 Å². The summed E-state index contributed by atoms with van der Waals surface area (Å²) in [6.07, 6.45) is -4.53. The summed E-state index contributed by atoms with van der Waals surface area (Å²) in [4.78, 5) is 19.5. The van der Waals surface area contributed by atoms with Crippen LogP contribution in [0.1, 0.15) is 0 Å². The van der Waals surface area contributed by atoms with Crippen LogP contribution >= 0.6 is 0 Å². The first kappa shape index (κ1) is 13.2. The Kier molecular flexibility index (Phi) is 6.34. The number of rotatable bonds is 3. The van der Waals surface area contributed by atoms with Crippen LogP contribution in [0.3, 0.4) is 0 Å². The molecular weight excluding hydrogens is 341 g/mol. The minimum absolute atomic E-state index is 0. The molecule has 1 radical (unpaired) electrons. The number of carbonyl (C=O) groups is 2. The van der Waals surface area contributed by atoms with Gasteiger partial charge in [-0.15, -0.1) is 0 Å². The third-order valence-electron chi connectivity index (χ3n) is 0.805. The van der Waals surface area contributed by atoms with Crippen LogP contribution in [0.15, 0.2) is 0 Å². The fraction of sp³-hybridized carbons (Fsp3) is 0.500. The molecule has 0 saturated carbocycles. The molecule has 6 nitrogen and oxygen atoms in total. The Morgan fingerprint density at radius 3 is 1.18 bits per heavy atom. The molecule has 0 aromatic heterocycles. The smallest absolute Gasteiger partial charge is 0.335 e. The van der Waals surface area contributed by atoms with E-state index in [1.165, 1.54) is 0 Å². The quantitative estimate of drug-likeness (QED) is 0.434. The summed E-state index contributed by atoms with van der Waals surface area (Å²) in [7, 11) is 0. The fourth-order valence-corrected chi connectivity index (χ4v) is 0.270. The van der Waals surface area contributed by atoms with Crippen LogP contribution in [0, 0.1) is 0 Å². The van der Waals surface area contributed by atoms with Gasteiger partial charge in [-0.05, 0) is 0 Å². The Morgan fingerprint density at radius 1 is 0.909 bits per heavy atom. The Hall–Kier alpha value is -0.400. The number of hydrogen-bond donors (Lipinski definition) is 4. The van der Waals surface area contributed by atoms with Gasteiger partial charge in [0.15, 0.2) is 12.2 Å². The predicted octanol–water partition coefficient (Wildman–Crippen LogP) is -2.13. The van der Waals surface area contributed by atoms with Crippen molar-refractivity contribution in [1.82, 2.24) is 0 Å². The third kappa shape index (κ3) is 4.12. The van der Waals surface area contributed by atoms with Crippen molar-refractivity contribution in [3.8, 4) is 0 Å². The van der Waals surface area contributed by atoms with Crippen molar-refractivity contribution in [1.29, 1.82) is 0 Å². The van der Waals surface area contributed by atoms with Crippen molar-refractivity contribution in [3.63, 3.8) is 0 Å². The normalized spacial score (nSPS) is 14.4. The number of aliphatic hydroxyl groups excluding tert-OH is 2. The molecule has 0 aliphatic heterocycles. The van der Waals surface area contributed by atoms with Crippen LogP contribution in [0.2, 0.25) is 0 Å². The molecule has 0 amide bonds. The fourth-order valence-electron chi connectivity index (χ4n) is 0.270. The van der Waals surface area contributed by atoms with E-state index in [0.29, 0.717) is 0 Å². The first-order chi connectivity index (χ1) is 4.46. The van der Waals surface area contributed by atoms with Crippen molar-refractivity contribution in [2.75, 3.05) is 0 Å². The van der Waals surface area contributed by atoms with Gasteiger partial charge in [0.1, 0.15) is 0 Å². The van der Waals surface area contributed by atoms with Gasteiger partial charge in [0.25, 0.3) is 0 Å². The van der Waals surface area contributed by atoms with Gasteiger partial charge < -0.3 is 20.4 Å². The van der Waals surface area contributed by atoms with E-state index in [1.54, 1.807) is 0 Å². The Bertz CT molecular complexity index is 139. The number of aliphatic carboxylic acids is 2. The van der Waals surface area contributed by atoms with Gasteiger partial charge in [-0.2, -0.15) is 0 Å². The standard InChI is InChI=1S/C4H6O6.Au/c5-1(3(7)8)2(6)4(9)10;/h1-2,5-6H,(H,7,8)(H,9,10);. The molecule has 0 aliphatic rings. The number of carboxylic acid groups (broad SMARTS) is 2. The molecule has 4 N–H and O–H groups in total. The summed E-state index contributed by atoms with van der Waals surface area (Å²) < 4.78 is 0. The van der Waals surface area contributed by atoms with Gasteiger partial charge in [-0.25, -0.2) is 9.59 Å². The molecule has 0 aromatic rings. The topological polar surface area (TPSA) is 115 Å². The summed E-state index contributed by atoms with van der Waals surface area (Å²) in [5, 5.41) is 32.5. The molecule has 0 aromatic carbocycles. The first-order valence-electron chi connectivity index (χ1n) is 2.28. The molecule has 0 bridgehead atoms. The third-order valence-corrected chi connectivity index (χ3v) is 0.805. The Labute approximate surface area is 77.0 Å². The second-order valence-electron chi connectivity index (χ2n) is 1.57. The molecule has 0 fully saturated rings. The van der Waals surface area contributed by atoms with E-state index in [0.717, 1.165) is 0 Å². The number of hydrogen-bond acceptors (Lipinski definition) is 4. The van der Waals surface area contributed by atoms with Gasteiger partial charge in [0, 0.05) is 22.4 Å². The van der Waals surface area contributed by atoms with Crippen LogP contribution in [0.4, 0.5) is 0 Å². The average molecular weight is 347 g/mol. The molecule has 69 valence electrons. The van der Waals surface area contributed by atoms with Crippen molar-refractivity contribution in [2.45, 2.75) is 12.2 Å². The van der Waals surface area contributed by atoms with E-state index in [-0.39, 0.29) is 22.4 Å². The summed E-state index contributed by atoms with van der Waals surface area (Å²) in [5.41, 5.74) is 0. The summed E-state index contributed by atoms with van der Waals surface area (Å²) >= 11 is 0. The minimum Gasteiger partial charge on any atom is -0.479 e. The van der Waals surface area contributed by atoms with Crippen LogP contribution < -0.4 is 0 Å². The molecule has 0 saturated heterocycles. The zero-order valence-corrected chi connectivity index (χ0v) is 7.23. The number of aliphatic hydroxyl groups is 2. The molecule has 2 unspecified atom stereocenters. The molecule has 7 heteroatoms. The molecule has 0 rings (SSSR count). The molecule has 2 atom stereocenters. The molecular formula is C4H6AuO6. The molecule has 11 heavy (non-hydrogen) atoms. The largest absolute Gasteiger partial charge is 0.479 e. The summed E-state index contributed by atoms with van der Waals surface area (Å²) in [6, 6.07) is 0.